The summed E-state index contributed by atoms with van der Waals surface area (Å²) in [5.41, 5.74) is 7.43. The van der Waals surface area contributed by atoms with Crippen molar-refractivity contribution in [3.8, 4) is 0 Å². The SMILES string of the molecule is CCOC(=O)c1ccc(CC/C(C(=O)Nc2cc(C(F)(F)F)[nH]n2)=C(/N)c2ccccc2)cc1. The maximum absolute atomic E-state index is 13.0. The summed E-state index contributed by atoms with van der Waals surface area (Å²) in [6.07, 6.45) is -4.02. The molecule has 0 unspecified atom stereocenters. The van der Waals surface area contributed by atoms with Gasteiger partial charge in [0.1, 0.15) is 5.69 Å². The number of benzene rings is 2. The van der Waals surface area contributed by atoms with Crippen LogP contribution in [0.2, 0.25) is 0 Å². The highest BCUT2D eigenvalue weighted by atomic mass is 19.4. The molecule has 10 heteroatoms. The Morgan fingerprint density at radius 3 is 2.32 bits per heavy atom. The zero-order chi connectivity index (χ0) is 24.7. The smallest absolute Gasteiger partial charge is 0.432 e. The second-order valence-electron chi connectivity index (χ2n) is 7.29. The average molecular weight is 472 g/mol. The number of nitrogens with one attached hydrogen (secondary N) is 2. The second kappa shape index (κ2) is 10.7. The molecule has 4 N–H and O–H groups in total. The molecule has 1 amide bonds. The lowest BCUT2D eigenvalue weighted by Gasteiger charge is -2.13. The molecule has 3 rings (SSSR count). The number of aromatic amines is 1. The van der Waals surface area contributed by atoms with Gasteiger partial charge < -0.3 is 15.8 Å². The number of amides is 1. The Morgan fingerprint density at radius 2 is 1.74 bits per heavy atom. The number of esters is 1. The Bertz CT molecular complexity index is 1170. The van der Waals surface area contributed by atoms with Crippen LogP contribution >= 0.6 is 0 Å². The minimum atomic E-state index is -4.62. The van der Waals surface area contributed by atoms with E-state index in [-0.39, 0.29) is 30.1 Å². The zero-order valence-corrected chi connectivity index (χ0v) is 18.3. The van der Waals surface area contributed by atoms with Crippen molar-refractivity contribution in [2.75, 3.05) is 11.9 Å². The lowest BCUT2D eigenvalue weighted by atomic mass is 9.98. The molecule has 178 valence electrons. The van der Waals surface area contributed by atoms with Crippen LogP contribution < -0.4 is 11.1 Å². The third-order valence-electron chi connectivity index (χ3n) is 4.94. The van der Waals surface area contributed by atoms with Gasteiger partial charge in [-0.15, -0.1) is 0 Å². The van der Waals surface area contributed by atoms with Gasteiger partial charge in [0.15, 0.2) is 5.82 Å². The van der Waals surface area contributed by atoms with E-state index >= 15 is 0 Å². The molecular formula is C24H23F3N4O3. The second-order valence-corrected chi connectivity index (χ2v) is 7.29. The number of rotatable bonds is 8. The minimum absolute atomic E-state index is 0.192. The van der Waals surface area contributed by atoms with Crippen LogP contribution in [-0.2, 0) is 22.1 Å². The minimum Gasteiger partial charge on any atom is -0.462 e. The summed E-state index contributed by atoms with van der Waals surface area (Å²) in [6, 6.07) is 16.2. The number of nitrogens with two attached hydrogens (primary N) is 1. The summed E-state index contributed by atoms with van der Waals surface area (Å²) in [4.78, 5) is 24.8. The lowest BCUT2D eigenvalue weighted by Crippen LogP contribution is -2.19. The number of nitrogens with zero attached hydrogens (tertiary/aromatic N) is 1. The fraction of sp³-hybridized carbons (Fsp3) is 0.208. The Balaban J connectivity index is 1.81. The van der Waals surface area contributed by atoms with E-state index in [1.54, 1.807) is 61.5 Å². The van der Waals surface area contributed by atoms with Crippen molar-refractivity contribution in [3.63, 3.8) is 0 Å². The largest absolute Gasteiger partial charge is 0.462 e. The van der Waals surface area contributed by atoms with Gasteiger partial charge in [0.05, 0.1) is 12.2 Å². The third-order valence-corrected chi connectivity index (χ3v) is 4.94. The normalized spacial score (nSPS) is 12.1. The van der Waals surface area contributed by atoms with E-state index in [0.29, 0.717) is 23.6 Å². The van der Waals surface area contributed by atoms with Crippen LogP contribution in [0.3, 0.4) is 0 Å². The van der Waals surface area contributed by atoms with Gasteiger partial charge in [-0.1, -0.05) is 42.5 Å². The van der Waals surface area contributed by atoms with Gasteiger partial charge in [-0.3, -0.25) is 9.89 Å². The third kappa shape index (κ3) is 6.25. The predicted molar refractivity (Wildman–Crippen MR) is 120 cm³/mol. The van der Waals surface area contributed by atoms with Gasteiger partial charge in [-0.25, -0.2) is 4.79 Å². The molecule has 0 spiro atoms. The maximum Gasteiger partial charge on any atom is 0.432 e. The molecule has 1 aromatic heterocycles. The highest BCUT2D eigenvalue weighted by Crippen LogP contribution is 2.29. The van der Waals surface area contributed by atoms with Crippen molar-refractivity contribution in [1.82, 2.24) is 10.2 Å². The van der Waals surface area contributed by atoms with Gasteiger partial charge in [0.2, 0.25) is 0 Å². The van der Waals surface area contributed by atoms with E-state index in [2.05, 4.69) is 10.4 Å². The van der Waals surface area contributed by atoms with Crippen LogP contribution in [0.5, 0.6) is 0 Å². The Morgan fingerprint density at radius 1 is 1.06 bits per heavy atom. The van der Waals surface area contributed by atoms with Crippen molar-refractivity contribution in [2.45, 2.75) is 25.9 Å². The van der Waals surface area contributed by atoms with Crippen LogP contribution in [0.4, 0.5) is 19.0 Å². The van der Waals surface area contributed by atoms with Gasteiger partial charge in [0.25, 0.3) is 5.91 Å². The first-order valence-electron chi connectivity index (χ1n) is 10.4. The standard InChI is InChI=1S/C24H23F3N4O3/c1-2-34-23(33)17-11-8-15(9-12-17)10-13-18(21(28)16-6-4-3-5-7-16)22(32)29-20-14-19(30-31-20)24(25,26)27/h3-9,11-12,14H,2,10,13,28H2,1H3,(H2,29,30,31,32)/b21-18-. The average Bonchev–Trinajstić information content (AvgIpc) is 3.29. The monoisotopic (exact) mass is 472 g/mol. The highest BCUT2D eigenvalue weighted by Gasteiger charge is 2.33. The lowest BCUT2D eigenvalue weighted by molar-refractivity contribution is -0.141. The molecule has 0 saturated heterocycles. The molecule has 1 heterocycles. The number of hydrogen-bond acceptors (Lipinski definition) is 5. The Labute approximate surface area is 193 Å². The van der Waals surface area contributed by atoms with E-state index in [0.717, 1.165) is 5.56 Å². The topological polar surface area (TPSA) is 110 Å². The molecule has 34 heavy (non-hydrogen) atoms. The number of halogens is 3. The maximum atomic E-state index is 13.0. The summed E-state index contributed by atoms with van der Waals surface area (Å²) >= 11 is 0. The van der Waals surface area contributed by atoms with E-state index in [1.165, 1.54) is 0 Å². The van der Waals surface area contributed by atoms with E-state index in [4.69, 9.17) is 10.5 Å². The van der Waals surface area contributed by atoms with E-state index in [1.807, 2.05) is 5.10 Å². The number of aromatic nitrogens is 2. The molecule has 2 aromatic carbocycles. The number of anilines is 1. The Kier molecular flexibility index (Phi) is 7.72. The number of carbonyl (C=O) groups is 2. The number of H-pyrrole nitrogens is 1. The molecular weight excluding hydrogens is 449 g/mol. The van der Waals surface area contributed by atoms with Crippen LogP contribution in [0.1, 0.15) is 40.5 Å². The van der Waals surface area contributed by atoms with Crippen molar-refractivity contribution in [3.05, 3.63) is 88.6 Å². The number of alkyl halides is 3. The first-order chi connectivity index (χ1) is 16.2. The van der Waals surface area contributed by atoms with Crippen LogP contribution in [0, 0.1) is 0 Å². The summed E-state index contributed by atoms with van der Waals surface area (Å²) in [6.45, 7) is 1.98. The van der Waals surface area contributed by atoms with Crippen molar-refractivity contribution in [1.29, 1.82) is 0 Å². The van der Waals surface area contributed by atoms with Gasteiger partial charge in [0, 0.05) is 17.3 Å². The molecule has 3 aromatic rings. The first kappa shape index (κ1) is 24.6. The number of ether oxygens (including phenoxy) is 1. The van der Waals surface area contributed by atoms with Crippen LogP contribution in [0.15, 0.2) is 66.2 Å². The molecule has 0 fully saturated rings. The van der Waals surface area contributed by atoms with Gasteiger partial charge in [-0.05, 0) is 43.0 Å². The molecule has 7 nitrogen and oxygen atoms in total. The summed E-state index contributed by atoms with van der Waals surface area (Å²) in [5.74, 6) is -1.36. The van der Waals surface area contributed by atoms with Gasteiger partial charge >= 0.3 is 12.1 Å². The molecule has 0 aliphatic heterocycles. The molecule has 0 bridgehead atoms. The van der Waals surface area contributed by atoms with E-state index < -0.39 is 23.7 Å². The van der Waals surface area contributed by atoms with Gasteiger partial charge in [-0.2, -0.15) is 18.3 Å². The fourth-order valence-electron chi connectivity index (χ4n) is 3.18. The molecule has 0 aliphatic rings. The Hall–Kier alpha value is -4.08. The fourth-order valence-corrected chi connectivity index (χ4v) is 3.18. The zero-order valence-electron chi connectivity index (χ0n) is 18.3. The van der Waals surface area contributed by atoms with Crippen molar-refractivity contribution in [2.24, 2.45) is 5.73 Å². The van der Waals surface area contributed by atoms with Crippen LogP contribution in [0.25, 0.3) is 5.70 Å². The quantitative estimate of drug-likeness (QED) is 0.329. The molecule has 0 aliphatic carbocycles. The summed E-state index contributed by atoms with van der Waals surface area (Å²) in [7, 11) is 0. The number of hydrogen-bond donors (Lipinski definition) is 3. The molecule has 0 atom stereocenters. The summed E-state index contributed by atoms with van der Waals surface area (Å²) < 4.78 is 43.5. The van der Waals surface area contributed by atoms with Crippen molar-refractivity contribution < 1.29 is 27.5 Å². The van der Waals surface area contributed by atoms with Crippen molar-refractivity contribution >= 4 is 23.4 Å². The molecule has 0 saturated carbocycles. The van der Waals surface area contributed by atoms with Crippen LogP contribution in [-0.4, -0.2) is 28.7 Å². The molecule has 0 radical (unpaired) electrons. The predicted octanol–water partition coefficient (Wildman–Crippen LogP) is 4.55. The first-order valence-corrected chi connectivity index (χ1v) is 10.4. The number of carbonyl (C=O) groups excluding carboxylic acids is 2. The summed E-state index contributed by atoms with van der Waals surface area (Å²) in [5, 5.41) is 7.75. The number of aryl methyl sites for hydroxylation is 1. The highest BCUT2D eigenvalue weighted by molar-refractivity contribution is 6.08. The van der Waals surface area contributed by atoms with E-state index in [9.17, 15) is 22.8 Å².